The molecule has 0 aliphatic rings. The largest absolute Gasteiger partial charge is 0.707 e. The maximum Gasteiger partial charge on any atom is -0.0790 e. The molecule has 0 aromatic heterocycles. The van der Waals surface area contributed by atoms with Gasteiger partial charge in [0, 0.05) is 0 Å². The van der Waals surface area contributed by atoms with E-state index < -0.39 is 4.67 Å². The normalized spacial score (nSPS) is 6.25. The first-order chi connectivity index (χ1) is 1.73. The van der Waals surface area contributed by atoms with Crippen LogP contribution in [0.1, 0.15) is 0 Å². The maximum absolute atomic E-state index is 4.31. The second-order valence-corrected chi connectivity index (χ2v) is 6.04. The van der Waals surface area contributed by atoms with Crippen molar-refractivity contribution in [1.82, 2.24) is 0 Å². The van der Waals surface area contributed by atoms with Gasteiger partial charge in [0.1, 0.15) is 0 Å². The quantitative estimate of drug-likeness (QED) is 0.350. The molecule has 4 heteroatoms. The van der Waals surface area contributed by atoms with Crippen LogP contribution in [0.15, 0.2) is 0 Å². The van der Waals surface area contributed by atoms with Crippen LogP contribution in [-0.4, -0.2) is 0 Å². The molecule has 0 spiro atoms. The highest BCUT2D eigenvalue weighted by molar-refractivity contribution is 8.58. The van der Waals surface area contributed by atoms with Crippen molar-refractivity contribution in [3.8, 4) is 0 Å². The minimum Gasteiger partial charge on any atom is -0.707 e. The van der Waals surface area contributed by atoms with Gasteiger partial charge < -0.3 is 12.2 Å². The van der Waals surface area contributed by atoms with Crippen molar-refractivity contribution in [3.63, 3.8) is 0 Å². The Kier molecular flexibility index (Phi) is 2.97. The molecule has 0 radical (unpaired) electrons. The van der Waals surface area contributed by atoms with Crippen molar-refractivity contribution in [2.45, 2.75) is 0 Å². The first-order valence-electron chi connectivity index (χ1n) is 0.548. The van der Waals surface area contributed by atoms with E-state index in [9.17, 15) is 0 Å². The van der Waals surface area contributed by atoms with Gasteiger partial charge in [-0.2, -0.15) is 0 Å². The van der Waals surface area contributed by atoms with Crippen LogP contribution in [0.25, 0.3) is 0 Å². The third-order valence-corrected chi connectivity index (χ3v) is 0. The molecule has 0 aliphatic heterocycles. The Morgan fingerprint density at radius 2 is 1.50 bits per heavy atom. The summed E-state index contributed by atoms with van der Waals surface area (Å²) in [7, 11) is 0. The monoisotopic (exact) mass is 127 g/mol. The predicted molar refractivity (Wildman–Crippen MR) is 29.0 cm³/mol. The molecule has 0 saturated carbocycles. The average molecular weight is 127 g/mol. The van der Waals surface area contributed by atoms with Crippen molar-refractivity contribution in [3.05, 3.63) is 0 Å². The summed E-state index contributed by atoms with van der Waals surface area (Å²) in [5.74, 6) is 0. The lowest BCUT2D eigenvalue weighted by molar-refractivity contribution is 5.71. The standard InChI is InChI=1S/HPS3/c2-1(3)4/h(H,2,3,4)/p-1. The molecule has 0 rings (SSSR count). The van der Waals surface area contributed by atoms with Crippen LogP contribution >= 0.6 is 4.67 Å². The van der Waals surface area contributed by atoms with Crippen LogP contribution in [0.5, 0.6) is 0 Å². The molecule has 0 fully saturated rings. The van der Waals surface area contributed by atoms with Gasteiger partial charge >= 0.3 is 0 Å². The summed E-state index contributed by atoms with van der Waals surface area (Å²) in [6.07, 6.45) is 0. The smallest absolute Gasteiger partial charge is 0.0790 e. The van der Waals surface area contributed by atoms with E-state index in [0.717, 1.165) is 0 Å². The Hall–Kier alpha value is 1.09. The third kappa shape index (κ3) is 11.4. The van der Waals surface area contributed by atoms with Gasteiger partial charge in [-0.1, -0.05) is 23.6 Å². The van der Waals surface area contributed by atoms with E-state index in [1.54, 1.807) is 0 Å². The highest BCUT2D eigenvalue weighted by Crippen LogP contribution is 1.91. The minimum atomic E-state index is -0.870. The first kappa shape index (κ1) is 5.09. The van der Waals surface area contributed by atoms with Crippen molar-refractivity contribution in [2.24, 2.45) is 0 Å². The van der Waals surface area contributed by atoms with Gasteiger partial charge in [-0.05, 0) is 0 Å². The van der Waals surface area contributed by atoms with Gasteiger partial charge in [0.05, 0.1) is 0 Å². The SMILES string of the molecule is S=P(=S)[S-]. The molecule has 0 saturated heterocycles. The Labute approximate surface area is 40.8 Å². The molecule has 0 N–H and O–H groups in total. The van der Waals surface area contributed by atoms with Crippen LogP contribution in [-0.2, 0) is 35.9 Å². The van der Waals surface area contributed by atoms with Crippen molar-refractivity contribution < 1.29 is 0 Å². The lowest BCUT2D eigenvalue weighted by atomic mass is 30.0. The van der Waals surface area contributed by atoms with Gasteiger partial charge in [-0.15, -0.1) is 4.67 Å². The molecule has 0 heterocycles. The van der Waals surface area contributed by atoms with E-state index in [4.69, 9.17) is 0 Å². The number of hydrogen-bond acceptors (Lipinski definition) is 3. The molecule has 24 valence electrons. The highest BCUT2D eigenvalue weighted by atomic mass is 33.0. The molecular formula is PS3-. The molecule has 0 nitrogen and oxygen atoms in total. The second-order valence-electron chi connectivity index (χ2n) is 0.224. The lowest BCUT2D eigenvalue weighted by Crippen LogP contribution is -1.05. The van der Waals surface area contributed by atoms with Gasteiger partial charge in [-0.25, -0.2) is 0 Å². The fraction of sp³-hybridized carbons (Fsp3) is 0. The van der Waals surface area contributed by atoms with Crippen LogP contribution < -0.4 is 0 Å². The van der Waals surface area contributed by atoms with E-state index in [1.165, 1.54) is 0 Å². The molecule has 0 aliphatic carbocycles. The Morgan fingerprint density at radius 1 is 1.50 bits per heavy atom. The lowest BCUT2D eigenvalue weighted by Gasteiger charge is -1.72. The van der Waals surface area contributed by atoms with E-state index in [2.05, 4.69) is 35.9 Å². The predicted octanol–water partition coefficient (Wildman–Crippen LogP) is 0.854. The first-order valence-corrected chi connectivity index (χ1v) is 4.93. The van der Waals surface area contributed by atoms with Crippen LogP contribution in [0.4, 0.5) is 0 Å². The fourth-order valence-electron chi connectivity index (χ4n) is 0. The molecule has 0 bridgehead atoms. The zero-order chi connectivity index (χ0) is 3.58. The molecule has 0 aromatic rings. The van der Waals surface area contributed by atoms with E-state index in [1.807, 2.05) is 0 Å². The van der Waals surface area contributed by atoms with Gasteiger partial charge in [0.15, 0.2) is 0 Å². The molecule has 0 aromatic carbocycles. The summed E-state index contributed by atoms with van der Waals surface area (Å²) >= 11 is 12.9. The Bertz CT molecular complexity index is 51.7. The summed E-state index contributed by atoms with van der Waals surface area (Å²) in [6, 6.07) is 0. The summed E-state index contributed by atoms with van der Waals surface area (Å²) in [5, 5.41) is 0. The topological polar surface area (TPSA) is 0 Å². The highest BCUT2D eigenvalue weighted by Gasteiger charge is 1.19. The summed E-state index contributed by atoms with van der Waals surface area (Å²) < 4.78 is -0.870. The number of hydrogen-bond donors (Lipinski definition) is 0. The summed E-state index contributed by atoms with van der Waals surface area (Å²) in [5.41, 5.74) is 0. The van der Waals surface area contributed by atoms with Crippen LogP contribution in [0.2, 0.25) is 0 Å². The van der Waals surface area contributed by atoms with Crippen molar-refractivity contribution in [2.75, 3.05) is 0 Å². The fourth-order valence-corrected chi connectivity index (χ4v) is 0. The van der Waals surface area contributed by atoms with E-state index in [0.29, 0.717) is 0 Å². The molecule has 4 heavy (non-hydrogen) atoms. The summed E-state index contributed by atoms with van der Waals surface area (Å²) in [6.45, 7) is 0. The second kappa shape index (κ2) is 2.33. The van der Waals surface area contributed by atoms with Gasteiger partial charge in [-0.3, -0.25) is 0 Å². The van der Waals surface area contributed by atoms with Gasteiger partial charge in [0.2, 0.25) is 0 Å². The molecule has 0 amide bonds. The van der Waals surface area contributed by atoms with Gasteiger partial charge in [0.25, 0.3) is 0 Å². The molecule has 0 unspecified atom stereocenters. The zero-order valence-electron chi connectivity index (χ0n) is 1.67. The maximum atomic E-state index is 4.31. The average Bonchev–Trinajstić information content (AvgIpc) is 0.811. The van der Waals surface area contributed by atoms with Crippen LogP contribution in [0, 0.1) is 0 Å². The Balaban J connectivity index is 3.51. The van der Waals surface area contributed by atoms with Crippen LogP contribution in [0.3, 0.4) is 0 Å². The van der Waals surface area contributed by atoms with Crippen molar-refractivity contribution >= 4 is 40.5 Å². The Morgan fingerprint density at radius 3 is 1.50 bits per heavy atom. The molecule has 0 atom stereocenters. The molecular weight excluding hydrogens is 127 g/mol. The third-order valence-electron chi connectivity index (χ3n) is 0. The zero-order valence-corrected chi connectivity index (χ0v) is 5.02. The van der Waals surface area contributed by atoms with Crippen molar-refractivity contribution in [1.29, 1.82) is 0 Å². The minimum absolute atomic E-state index is 0.870. The number of rotatable bonds is 0. The van der Waals surface area contributed by atoms with E-state index in [-0.39, 0.29) is 0 Å². The van der Waals surface area contributed by atoms with E-state index >= 15 is 0 Å². The summed E-state index contributed by atoms with van der Waals surface area (Å²) in [4.78, 5) is 0.